The molecular weight excluding hydrogens is 456 g/mol. The third kappa shape index (κ3) is 5.04. The maximum absolute atomic E-state index is 14.3. The molecule has 0 bridgehead atoms. The molecule has 0 atom stereocenters. The van der Waals surface area contributed by atoms with E-state index in [4.69, 9.17) is 15.5 Å². The fourth-order valence-corrected chi connectivity index (χ4v) is 5.03. The molecule has 3 aromatic rings. The molecule has 2 aliphatic carbocycles. The zero-order valence-corrected chi connectivity index (χ0v) is 19.3. The van der Waals surface area contributed by atoms with Crippen LogP contribution in [0.3, 0.4) is 0 Å². The summed E-state index contributed by atoms with van der Waals surface area (Å²) in [6.07, 6.45) is 8.67. The van der Waals surface area contributed by atoms with Crippen LogP contribution in [-0.2, 0) is 9.53 Å². The molecule has 186 valence electrons. The van der Waals surface area contributed by atoms with Gasteiger partial charge in [-0.1, -0.05) is 18.9 Å². The summed E-state index contributed by atoms with van der Waals surface area (Å²) in [5.74, 6) is -0.922. The van der Waals surface area contributed by atoms with E-state index in [-0.39, 0.29) is 36.4 Å². The number of halogens is 2. The first kappa shape index (κ1) is 23.4. The van der Waals surface area contributed by atoms with Crippen molar-refractivity contribution in [2.45, 2.75) is 69.6 Å². The minimum absolute atomic E-state index is 0.108. The molecule has 2 aliphatic rings. The highest BCUT2D eigenvalue weighted by Gasteiger charge is 2.27. The second kappa shape index (κ2) is 10.1. The van der Waals surface area contributed by atoms with E-state index in [1.54, 1.807) is 6.20 Å². The van der Waals surface area contributed by atoms with E-state index in [1.807, 2.05) is 4.57 Å². The monoisotopic (exact) mass is 485 g/mol. The van der Waals surface area contributed by atoms with Crippen molar-refractivity contribution in [3.63, 3.8) is 0 Å². The first-order chi connectivity index (χ1) is 17.0. The van der Waals surface area contributed by atoms with Crippen LogP contribution < -0.4 is 16.4 Å². The molecule has 2 heterocycles. The molecule has 0 saturated heterocycles. The van der Waals surface area contributed by atoms with Crippen LogP contribution in [0.25, 0.3) is 11.2 Å². The number of imidazole rings is 1. The Labute approximate surface area is 201 Å². The van der Waals surface area contributed by atoms with Crippen molar-refractivity contribution in [3.8, 4) is 0 Å². The Balaban J connectivity index is 1.38. The number of hydrogen-bond donors (Lipinski definition) is 3. The largest absolute Gasteiger partial charge is 0.461 e. The van der Waals surface area contributed by atoms with Gasteiger partial charge in [0.15, 0.2) is 5.65 Å². The fraction of sp³-hybridized carbons (Fsp3) is 0.500. The van der Waals surface area contributed by atoms with Gasteiger partial charge in [0.2, 0.25) is 11.9 Å². The van der Waals surface area contributed by atoms with Crippen molar-refractivity contribution in [3.05, 3.63) is 36.0 Å². The van der Waals surface area contributed by atoms with Crippen molar-refractivity contribution in [1.29, 1.82) is 0 Å². The van der Waals surface area contributed by atoms with Crippen LogP contribution in [-0.4, -0.2) is 44.2 Å². The molecule has 2 aromatic heterocycles. The number of fused-ring (bicyclic) bond motifs is 1. The van der Waals surface area contributed by atoms with Crippen LogP contribution in [0.2, 0.25) is 0 Å². The van der Waals surface area contributed by atoms with Gasteiger partial charge in [0, 0.05) is 12.1 Å². The Morgan fingerprint density at radius 1 is 1.09 bits per heavy atom. The van der Waals surface area contributed by atoms with Crippen molar-refractivity contribution >= 4 is 34.7 Å². The highest BCUT2D eigenvalue weighted by Crippen LogP contribution is 2.36. The number of esters is 1. The SMILES string of the molecule is NCC(=O)O[C@H]1CC[C@H](Nc2ncc3nc(Nc4c(F)cccc4F)n(C4CCCC4)c3n2)CC1. The molecule has 0 radical (unpaired) electrons. The summed E-state index contributed by atoms with van der Waals surface area (Å²) in [5, 5.41) is 6.25. The lowest BCUT2D eigenvalue weighted by Crippen LogP contribution is -2.33. The Hall–Kier alpha value is -3.34. The molecule has 0 unspecified atom stereocenters. The highest BCUT2D eigenvalue weighted by atomic mass is 19.1. The van der Waals surface area contributed by atoms with Gasteiger partial charge >= 0.3 is 5.97 Å². The number of nitrogens with one attached hydrogen (secondary N) is 2. The average molecular weight is 486 g/mol. The zero-order chi connectivity index (χ0) is 24.4. The van der Waals surface area contributed by atoms with Gasteiger partial charge in [-0.2, -0.15) is 4.98 Å². The van der Waals surface area contributed by atoms with Gasteiger partial charge in [-0.25, -0.2) is 18.7 Å². The third-order valence-electron chi connectivity index (χ3n) is 6.79. The number of nitrogens with zero attached hydrogens (tertiary/aromatic N) is 4. The summed E-state index contributed by atoms with van der Waals surface area (Å²) in [6, 6.07) is 4.03. The number of benzene rings is 1. The van der Waals surface area contributed by atoms with Gasteiger partial charge in [0.1, 0.15) is 28.9 Å². The Morgan fingerprint density at radius 3 is 2.49 bits per heavy atom. The molecule has 1 aromatic carbocycles. The Morgan fingerprint density at radius 2 is 1.80 bits per heavy atom. The molecule has 11 heteroatoms. The summed E-state index contributed by atoms with van der Waals surface area (Å²) >= 11 is 0. The van der Waals surface area contributed by atoms with Crippen LogP contribution in [0.5, 0.6) is 0 Å². The van der Waals surface area contributed by atoms with E-state index in [9.17, 15) is 13.6 Å². The molecule has 35 heavy (non-hydrogen) atoms. The molecule has 9 nitrogen and oxygen atoms in total. The van der Waals surface area contributed by atoms with Gasteiger partial charge in [-0.3, -0.25) is 9.36 Å². The minimum atomic E-state index is -0.684. The Bertz CT molecular complexity index is 1180. The highest BCUT2D eigenvalue weighted by molar-refractivity contribution is 5.77. The second-order valence-corrected chi connectivity index (χ2v) is 9.18. The van der Waals surface area contributed by atoms with Crippen LogP contribution in [0, 0.1) is 11.6 Å². The number of nitrogens with two attached hydrogens (primary N) is 1. The molecule has 0 amide bonds. The summed E-state index contributed by atoms with van der Waals surface area (Å²) in [5.41, 5.74) is 6.27. The van der Waals surface area contributed by atoms with Crippen molar-refractivity contribution in [2.75, 3.05) is 17.2 Å². The molecule has 2 fully saturated rings. The summed E-state index contributed by atoms with van der Waals surface area (Å²) in [6.45, 7) is -0.110. The lowest BCUT2D eigenvalue weighted by molar-refractivity contribution is -0.148. The van der Waals surface area contributed by atoms with E-state index < -0.39 is 11.6 Å². The summed E-state index contributed by atoms with van der Waals surface area (Å²) in [7, 11) is 0. The molecule has 2 saturated carbocycles. The van der Waals surface area contributed by atoms with Gasteiger partial charge < -0.3 is 21.1 Å². The molecule has 4 N–H and O–H groups in total. The quantitative estimate of drug-likeness (QED) is 0.426. The maximum atomic E-state index is 14.3. The number of anilines is 3. The van der Waals surface area contributed by atoms with E-state index in [2.05, 4.69) is 20.6 Å². The number of rotatable bonds is 7. The predicted octanol–water partition coefficient (Wildman–Crippen LogP) is 4.19. The van der Waals surface area contributed by atoms with Crippen LogP contribution in [0.15, 0.2) is 24.4 Å². The lowest BCUT2D eigenvalue weighted by atomic mass is 9.93. The third-order valence-corrected chi connectivity index (χ3v) is 6.79. The van der Waals surface area contributed by atoms with E-state index in [1.165, 1.54) is 18.2 Å². The molecule has 5 rings (SSSR count). The van der Waals surface area contributed by atoms with E-state index in [0.29, 0.717) is 23.1 Å². The number of ether oxygens (including phenoxy) is 1. The van der Waals surface area contributed by atoms with Gasteiger partial charge in [0.05, 0.1) is 12.7 Å². The van der Waals surface area contributed by atoms with Crippen molar-refractivity contribution in [1.82, 2.24) is 19.5 Å². The summed E-state index contributed by atoms with van der Waals surface area (Å²) in [4.78, 5) is 25.2. The minimum Gasteiger partial charge on any atom is -0.461 e. The number of carbonyl (C=O) groups is 1. The topological polar surface area (TPSA) is 120 Å². The average Bonchev–Trinajstić information content (AvgIpc) is 3.50. The van der Waals surface area contributed by atoms with Gasteiger partial charge in [-0.15, -0.1) is 0 Å². The number of aromatic nitrogens is 4. The molecule has 0 aliphatic heterocycles. The van der Waals surface area contributed by atoms with Crippen LogP contribution in [0.4, 0.5) is 26.4 Å². The second-order valence-electron chi connectivity index (χ2n) is 9.18. The number of para-hydroxylation sites is 1. The van der Waals surface area contributed by atoms with E-state index >= 15 is 0 Å². The predicted molar refractivity (Wildman–Crippen MR) is 127 cm³/mol. The first-order valence-corrected chi connectivity index (χ1v) is 12.1. The molecule has 0 spiro atoms. The number of carbonyl (C=O) groups excluding carboxylic acids is 1. The van der Waals surface area contributed by atoms with Crippen molar-refractivity contribution in [2.24, 2.45) is 5.73 Å². The van der Waals surface area contributed by atoms with Gasteiger partial charge in [0.25, 0.3) is 0 Å². The first-order valence-electron chi connectivity index (χ1n) is 12.1. The van der Waals surface area contributed by atoms with Crippen LogP contribution >= 0.6 is 0 Å². The molecular formula is C24H29F2N7O2. The van der Waals surface area contributed by atoms with E-state index in [0.717, 1.165) is 51.4 Å². The normalized spacial score (nSPS) is 20.8. The van der Waals surface area contributed by atoms with Gasteiger partial charge in [-0.05, 0) is 50.7 Å². The number of hydrogen-bond acceptors (Lipinski definition) is 8. The smallest absolute Gasteiger partial charge is 0.319 e. The standard InChI is InChI=1S/C24H29F2N7O2/c25-17-6-3-7-18(26)21(17)31-24-30-19-13-28-23(32-22(19)33(24)15-4-1-2-5-15)29-14-8-10-16(11-9-14)35-20(34)12-27/h3,6-7,13-16H,1-2,4-5,8-12,27H2,(H,30,31)(H,28,29,32)/t14-,16-. The maximum Gasteiger partial charge on any atom is 0.319 e. The van der Waals surface area contributed by atoms with Crippen LogP contribution in [0.1, 0.15) is 57.4 Å². The summed E-state index contributed by atoms with van der Waals surface area (Å²) < 4.78 is 36.0. The Kier molecular flexibility index (Phi) is 6.76. The zero-order valence-electron chi connectivity index (χ0n) is 19.3. The van der Waals surface area contributed by atoms with Crippen molar-refractivity contribution < 1.29 is 18.3 Å². The lowest BCUT2D eigenvalue weighted by Gasteiger charge is -2.28. The fourth-order valence-electron chi connectivity index (χ4n) is 5.03.